The zero-order chi connectivity index (χ0) is 9.14. The van der Waals surface area contributed by atoms with Gasteiger partial charge in [-0.1, -0.05) is 12.1 Å². The first kappa shape index (κ1) is 12.4. The van der Waals surface area contributed by atoms with Gasteiger partial charge in [0.2, 0.25) is 0 Å². The first-order valence-electron chi connectivity index (χ1n) is 3.18. The van der Waals surface area contributed by atoms with Crippen LogP contribution in [0.5, 0.6) is 0 Å². The second-order valence-corrected chi connectivity index (χ2v) is 2.16. The van der Waals surface area contributed by atoms with Crippen LogP contribution in [0, 0.1) is 0 Å². The number of aromatic carboxylic acids is 2. The van der Waals surface area contributed by atoms with Gasteiger partial charge in [0, 0.05) is 0 Å². The van der Waals surface area contributed by atoms with Crippen LogP contribution in [0.15, 0.2) is 24.3 Å². The number of benzene rings is 1. The van der Waals surface area contributed by atoms with Crippen molar-refractivity contribution in [2.24, 2.45) is 0 Å². The molecule has 0 aliphatic heterocycles. The molecule has 0 radical (unpaired) electrons. The third kappa shape index (κ3) is 2.99. The molecule has 0 aliphatic rings. The van der Waals surface area contributed by atoms with Crippen LogP contribution in [0.1, 0.15) is 20.7 Å². The first-order valence-corrected chi connectivity index (χ1v) is 3.18. The molecule has 0 spiro atoms. The Morgan fingerprint density at radius 2 is 1.23 bits per heavy atom. The standard InChI is InChI=1S/C8H6O4.Ca.2H/c9-7(10)5-3-1-2-4-6(5)8(11)12;;;/h1-4H,(H,9,10)(H,11,12);;;. The van der Waals surface area contributed by atoms with Gasteiger partial charge in [-0.25, -0.2) is 9.59 Å². The molecule has 0 heterocycles. The van der Waals surface area contributed by atoms with Crippen LogP contribution < -0.4 is 0 Å². The summed E-state index contributed by atoms with van der Waals surface area (Å²) in [4.78, 5) is 20.9. The molecule has 0 saturated carbocycles. The summed E-state index contributed by atoms with van der Waals surface area (Å²) in [7, 11) is 0. The van der Waals surface area contributed by atoms with Crippen molar-refractivity contribution in [1.29, 1.82) is 0 Å². The van der Waals surface area contributed by atoms with E-state index in [1.165, 1.54) is 24.3 Å². The third-order valence-corrected chi connectivity index (χ3v) is 1.39. The Bertz CT molecular complexity index is 302. The Morgan fingerprint density at radius 3 is 1.46 bits per heavy atom. The van der Waals surface area contributed by atoms with E-state index in [2.05, 4.69) is 0 Å². The van der Waals surface area contributed by atoms with E-state index in [0.29, 0.717) is 0 Å². The third-order valence-electron chi connectivity index (χ3n) is 1.39. The fraction of sp³-hybridized carbons (Fsp3) is 0. The van der Waals surface area contributed by atoms with Crippen molar-refractivity contribution in [2.45, 2.75) is 0 Å². The molecule has 1 aromatic rings. The summed E-state index contributed by atoms with van der Waals surface area (Å²) in [6, 6.07) is 5.48. The van der Waals surface area contributed by atoms with Crippen molar-refractivity contribution >= 4 is 49.7 Å². The van der Waals surface area contributed by atoms with E-state index in [1.54, 1.807) is 0 Å². The maximum atomic E-state index is 10.5. The molecule has 66 valence electrons. The van der Waals surface area contributed by atoms with Gasteiger partial charge in [-0.15, -0.1) is 0 Å². The number of carboxylic acids is 2. The molecule has 0 fully saturated rings. The van der Waals surface area contributed by atoms with Crippen molar-refractivity contribution in [3.63, 3.8) is 0 Å². The Balaban J connectivity index is 0.00000144. The van der Waals surface area contributed by atoms with Gasteiger partial charge in [0.15, 0.2) is 0 Å². The monoisotopic (exact) mass is 208 g/mol. The SMILES string of the molecule is O=C(O)c1ccccc1C(=O)O.[CaH2]. The van der Waals surface area contributed by atoms with Crippen molar-refractivity contribution in [3.8, 4) is 0 Å². The van der Waals surface area contributed by atoms with Crippen LogP contribution in [0.2, 0.25) is 0 Å². The van der Waals surface area contributed by atoms with Gasteiger partial charge in [0.1, 0.15) is 0 Å². The Morgan fingerprint density at radius 1 is 0.923 bits per heavy atom. The summed E-state index contributed by atoms with van der Waals surface area (Å²) >= 11 is 0. The fourth-order valence-corrected chi connectivity index (χ4v) is 0.856. The Kier molecular flexibility index (Phi) is 4.98. The average Bonchev–Trinajstić information content (AvgIpc) is 2.04. The van der Waals surface area contributed by atoms with Gasteiger partial charge in [-0.2, -0.15) is 0 Å². The number of carbonyl (C=O) groups is 2. The van der Waals surface area contributed by atoms with Crippen LogP contribution in [0.3, 0.4) is 0 Å². The molecule has 0 amide bonds. The molecule has 1 rings (SSSR count). The van der Waals surface area contributed by atoms with E-state index in [-0.39, 0.29) is 48.9 Å². The van der Waals surface area contributed by atoms with Crippen molar-refractivity contribution in [3.05, 3.63) is 35.4 Å². The number of hydrogen-bond donors (Lipinski definition) is 2. The minimum absolute atomic E-state index is 0. The zero-order valence-corrected chi connectivity index (χ0v) is 6.02. The van der Waals surface area contributed by atoms with Gasteiger partial charge in [-0.05, 0) is 12.1 Å². The number of carboxylic acid groups (broad SMARTS) is 2. The average molecular weight is 208 g/mol. The predicted molar refractivity (Wildman–Crippen MR) is 48.9 cm³/mol. The maximum absolute atomic E-state index is 10.5. The van der Waals surface area contributed by atoms with Gasteiger partial charge in [0.05, 0.1) is 11.1 Å². The topological polar surface area (TPSA) is 74.6 Å². The summed E-state index contributed by atoms with van der Waals surface area (Å²) in [5.41, 5.74) is -0.380. The molecule has 2 N–H and O–H groups in total. The summed E-state index contributed by atoms with van der Waals surface area (Å²) < 4.78 is 0. The molecular formula is C8H8CaO4. The van der Waals surface area contributed by atoms with E-state index < -0.39 is 11.9 Å². The van der Waals surface area contributed by atoms with Gasteiger partial charge in [-0.3, -0.25) is 0 Å². The molecule has 13 heavy (non-hydrogen) atoms. The van der Waals surface area contributed by atoms with E-state index in [0.717, 1.165) is 0 Å². The molecule has 0 atom stereocenters. The van der Waals surface area contributed by atoms with Gasteiger partial charge in [0.25, 0.3) is 0 Å². The number of hydrogen-bond acceptors (Lipinski definition) is 2. The minimum atomic E-state index is -1.23. The van der Waals surface area contributed by atoms with Crippen molar-refractivity contribution in [1.82, 2.24) is 0 Å². The molecule has 5 heteroatoms. The molecular weight excluding hydrogens is 200 g/mol. The molecule has 1 aromatic carbocycles. The molecule has 0 unspecified atom stereocenters. The zero-order valence-electron chi connectivity index (χ0n) is 6.02. The molecule has 0 aromatic heterocycles. The van der Waals surface area contributed by atoms with E-state index in [1.807, 2.05) is 0 Å². The quantitative estimate of drug-likeness (QED) is 0.679. The molecule has 4 nitrogen and oxygen atoms in total. The van der Waals surface area contributed by atoms with Crippen LogP contribution in [0.4, 0.5) is 0 Å². The Labute approximate surface area is 104 Å². The van der Waals surface area contributed by atoms with Crippen molar-refractivity contribution < 1.29 is 19.8 Å². The number of rotatable bonds is 2. The first-order chi connectivity index (χ1) is 5.63. The van der Waals surface area contributed by atoms with E-state index in [4.69, 9.17) is 10.2 Å². The van der Waals surface area contributed by atoms with Gasteiger partial charge < -0.3 is 10.2 Å². The van der Waals surface area contributed by atoms with Crippen LogP contribution in [-0.2, 0) is 0 Å². The van der Waals surface area contributed by atoms with E-state index >= 15 is 0 Å². The van der Waals surface area contributed by atoms with Crippen LogP contribution >= 0.6 is 0 Å². The summed E-state index contributed by atoms with van der Waals surface area (Å²) in [5.74, 6) is -2.46. The molecule has 0 saturated heterocycles. The van der Waals surface area contributed by atoms with Gasteiger partial charge >= 0.3 is 49.7 Å². The second-order valence-electron chi connectivity index (χ2n) is 2.16. The summed E-state index contributed by atoms with van der Waals surface area (Å²) in [6.07, 6.45) is 0. The van der Waals surface area contributed by atoms with Crippen LogP contribution in [-0.4, -0.2) is 59.9 Å². The van der Waals surface area contributed by atoms with Crippen molar-refractivity contribution in [2.75, 3.05) is 0 Å². The summed E-state index contributed by atoms with van der Waals surface area (Å²) in [5, 5.41) is 17.1. The molecule has 0 bridgehead atoms. The predicted octanol–water partition coefficient (Wildman–Crippen LogP) is 0.167. The van der Waals surface area contributed by atoms with E-state index in [9.17, 15) is 9.59 Å². The normalized spacial score (nSPS) is 8.62. The molecule has 0 aliphatic carbocycles. The second kappa shape index (κ2) is 5.21. The summed E-state index contributed by atoms with van der Waals surface area (Å²) in [6.45, 7) is 0. The fourth-order valence-electron chi connectivity index (χ4n) is 0.856. The Hall–Kier alpha value is -0.580. The van der Waals surface area contributed by atoms with Crippen LogP contribution in [0.25, 0.3) is 0 Å².